The second-order valence-corrected chi connectivity index (χ2v) is 6.45. The van der Waals surface area contributed by atoms with E-state index in [2.05, 4.69) is 21.2 Å². The van der Waals surface area contributed by atoms with Crippen LogP contribution in [0.1, 0.15) is 18.0 Å². The number of nitrogens with one attached hydrogen (secondary N) is 1. The van der Waals surface area contributed by atoms with Crippen molar-refractivity contribution in [2.75, 3.05) is 11.9 Å². The molecule has 2 atom stereocenters. The lowest BCUT2D eigenvalue weighted by molar-refractivity contribution is -0.122. The summed E-state index contributed by atoms with van der Waals surface area (Å²) in [6.45, 7) is 0.479. The molecule has 0 aliphatic carbocycles. The summed E-state index contributed by atoms with van der Waals surface area (Å²) in [6, 6.07) is 15.0. The Kier molecular flexibility index (Phi) is 4.81. The van der Waals surface area contributed by atoms with E-state index in [4.69, 9.17) is 16.3 Å². The number of benzene rings is 2. The molecular formula is C17H15BrClNO2. The van der Waals surface area contributed by atoms with E-state index >= 15 is 0 Å². The van der Waals surface area contributed by atoms with Gasteiger partial charge in [0, 0.05) is 21.6 Å². The Balaban J connectivity index is 1.94. The van der Waals surface area contributed by atoms with Crippen LogP contribution in [-0.2, 0) is 9.53 Å². The summed E-state index contributed by atoms with van der Waals surface area (Å²) in [6.07, 6.45) is -0.0112. The van der Waals surface area contributed by atoms with Crippen molar-refractivity contribution < 1.29 is 9.53 Å². The maximum absolute atomic E-state index is 12.1. The van der Waals surface area contributed by atoms with E-state index in [1.54, 1.807) is 0 Å². The van der Waals surface area contributed by atoms with Crippen LogP contribution in [0, 0.1) is 0 Å². The van der Waals surface area contributed by atoms with Gasteiger partial charge in [0.05, 0.1) is 12.6 Å². The van der Waals surface area contributed by atoms with E-state index in [-0.39, 0.29) is 11.8 Å². The van der Waals surface area contributed by atoms with Crippen LogP contribution >= 0.6 is 27.5 Å². The highest BCUT2D eigenvalue weighted by molar-refractivity contribution is 9.10. The van der Waals surface area contributed by atoms with E-state index < -0.39 is 6.10 Å². The van der Waals surface area contributed by atoms with Crippen LogP contribution in [0.4, 0.5) is 5.69 Å². The maximum Gasteiger partial charge on any atom is 0.166 e. The highest BCUT2D eigenvalue weighted by Crippen LogP contribution is 2.33. The van der Waals surface area contributed by atoms with Gasteiger partial charge in [0.1, 0.15) is 6.10 Å². The van der Waals surface area contributed by atoms with Crippen molar-refractivity contribution in [2.24, 2.45) is 0 Å². The molecule has 0 unspecified atom stereocenters. The van der Waals surface area contributed by atoms with Crippen LogP contribution in [0.5, 0.6) is 0 Å². The van der Waals surface area contributed by atoms with Crippen molar-refractivity contribution in [3.8, 4) is 0 Å². The standard InChI is InChI=1S/C17H15BrClNO2/c18-14-4-2-1-3-13(14)16(17-15(21)9-10-22-17)20-12-7-5-11(19)6-8-12/h1-8,16-17,20H,9-10H2/t16-,17-/m0/s1. The lowest BCUT2D eigenvalue weighted by Crippen LogP contribution is -2.30. The van der Waals surface area contributed by atoms with Gasteiger partial charge in [-0.15, -0.1) is 0 Å². The molecule has 0 radical (unpaired) electrons. The summed E-state index contributed by atoms with van der Waals surface area (Å²) in [5.74, 6) is 0.127. The SMILES string of the molecule is O=C1CCO[C@@H]1[C@@H](Nc1ccc(Cl)cc1)c1ccccc1Br. The second kappa shape index (κ2) is 6.82. The van der Waals surface area contributed by atoms with Crippen molar-refractivity contribution in [2.45, 2.75) is 18.6 Å². The monoisotopic (exact) mass is 379 g/mol. The molecule has 0 bridgehead atoms. The molecule has 0 aromatic heterocycles. The molecule has 1 fully saturated rings. The van der Waals surface area contributed by atoms with E-state index in [1.807, 2.05) is 48.5 Å². The van der Waals surface area contributed by atoms with Crippen molar-refractivity contribution in [3.63, 3.8) is 0 Å². The number of hydrogen-bond donors (Lipinski definition) is 1. The molecule has 0 saturated carbocycles. The summed E-state index contributed by atoms with van der Waals surface area (Å²) in [5, 5.41) is 4.08. The van der Waals surface area contributed by atoms with Gasteiger partial charge in [-0.1, -0.05) is 45.7 Å². The molecule has 1 saturated heterocycles. The zero-order valence-electron chi connectivity index (χ0n) is 11.8. The number of ether oxygens (including phenoxy) is 1. The fraction of sp³-hybridized carbons (Fsp3) is 0.235. The van der Waals surface area contributed by atoms with E-state index in [1.165, 1.54) is 0 Å². The lowest BCUT2D eigenvalue weighted by atomic mass is 9.98. The number of rotatable bonds is 4. The van der Waals surface area contributed by atoms with Crippen LogP contribution < -0.4 is 5.32 Å². The van der Waals surface area contributed by atoms with Gasteiger partial charge in [-0.25, -0.2) is 0 Å². The van der Waals surface area contributed by atoms with Crippen LogP contribution in [0.15, 0.2) is 53.0 Å². The first kappa shape index (κ1) is 15.5. The van der Waals surface area contributed by atoms with Gasteiger partial charge in [-0.3, -0.25) is 4.79 Å². The van der Waals surface area contributed by atoms with E-state index in [0.29, 0.717) is 18.1 Å². The van der Waals surface area contributed by atoms with Crippen molar-refractivity contribution in [3.05, 3.63) is 63.6 Å². The number of carbonyl (C=O) groups is 1. The third kappa shape index (κ3) is 3.35. The summed E-state index contributed by atoms with van der Waals surface area (Å²) in [4.78, 5) is 12.1. The van der Waals surface area contributed by atoms with Gasteiger partial charge >= 0.3 is 0 Å². The van der Waals surface area contributed by atoms with Crippen molar-refractivity contribution >= 4 is 39.0 Å². The van der Waals surface area contributed by atoms with Crippen LogP contribution in [0.25, 0.3) is 0 Å². The van der Waals surface area contributed by atoms with Crippen molar-refractivity contribution in [1.29, 1.82) is 0 Å². The third-order valence-corrected chi connectivity index (χ3v) is 4.65. The van der Waals surface area contributed by atoms with Crippen LogP contribution in [-0.4, -0.2) is 18.5 Å². The number of ketones is 1. The first-order valence-corrected chi connectivity index (χ1v) is 8.23. The molecule has 1 heterocycles. The highest BCUT2D eigenvalue weighted by atomic mass is 79.9. The first-order valence-electron chi connectivity index (χ1n) is 7.06. The summed E-state index contributed by atoms with van der Waals surface area (Å²) < 4.78 is 6.62. The third-order valence-electron chi connectivity index (χ3n) is 3.67. The van der Waals surface area contributed by atoms with E-state index in [0.717, 1.165) is 15.7 Å². The van der Waals surface area contributed by atoms with Gasteiger partial charge in [0.15, 0.2) is 5.78 Å². The molecule has 0 amide bonds. The molecule has 114 valence electrons. The van der Waals surface area contributed by atoms with Gasteiger partial charge in [0.25, 0.3) is 0 Å². The van der Waals surface area contributed by atoms with Gasteiger partial charge in [-0.05, 0) is 35.9 Å². The lowest BCUT2D eigenvalue weighted by Gasteiger charge is -2.25. The van der Waals surface area contributed by atoms with Crippen LogP contribution in [0.3, 0.4) is 0 Å². The fourth-order valence-electron chi connectivity index (χ4n) is 2.57. The van der Waals surface area contributed by atoms with E-state index in [9.17, 15) is 4.79 Å². The minimum Gasteiger partial charge on any atom is -0.375 e. The van der Waals surface area contributed by atoms with Crippen molar-refractivity contribution in [1.82, 2.24) is 0 Å². The normalized spacial score (nSPS) is 19.2. The van der Waals surface area contributed by atoms with Crippen LogP contribution in [0.2, 0.25) is 5.02 Å². The smallest absolute Gasteiger partial charge is 0.166 e. The van der Waals surface area contributed by atoms with Gasteiger partial charge < -0.3 is 10.1 Å². The molecule has 22 heavy (non-hydrogen) atoms. The number of Topliss-reactive ketones (excluding diaryl/α,β-unsaturated/α-hetero) is 1. The molecule has 2 aromatic carbocycles. The minimum absolute atomic E-state index is 0.127. The number of halogens is 2. The Morgan fingerprint density at radius 1 is 1.18 bits per heavy atom. The predicted molar refractivity (Wildman–Crippen MR) is 91.3 cm³/mol. The largest absolute Gasteiger partial charge is 0.375 e. The topological polar surface area (TPSA) is 38.3 Å². The zero-order valence-corrected chi connectivity index (χ0v) is 14.1. The predicted octanol–water partition coefficient (Wildman–Crippen LogP) is 4.61. The Hall–Kier alpha value is -1.36. The molecular weight excluding hydrogens is 366 g/mol. The second-order valence-electron chi connectivity index (χ2n) is 5.16. The Bertz CT molecular complexity index is 675. The van der Waals surface area contributed by atoms with Gasteiger partial charge in [-0.2, -0.15) is 0 Å². The Labute approximate surface area is 142 Å². The Morgan fingerprint density at radius 3 is 2.55 bits per heavy atom. The average molecular weight is 381 g/mol. The molecule has 2 aromatic rings. The Morgan fingerprint density at radius 2 is 1.91 bits per heavy atom. The average Bonchev–Trinajstić information content (AvgIpc) is 2.94. The maximum atomic E-state index is 12.1. The molecule has 3 rings (SSSR count). The number of carbonyl (C=O) groups excluding carboxylic acids is 1. The molecule has 1 aliphatic rings. The quantitative estimate of drug-likeness (QED) is 0.841. The molecule has 1 N–H and O–H groups in total. The highest BCUT2D eigenvalue weighted by Gasteiger charge is 2.35. The van der Waals surface area contributed by atoms with Gasteiger partial charge in [0.2, 0.25) is 0 Å². The summed E-state index contributed by atoms with van der Waals surface area (Å²) >= 11 is 9.49. The first-order chi connectivity index (χ1) is 10.6. The summed E-state index contributed by atoms with van der Waals surface area (Å²) in [5.41, 5.74) is 1.89. The molecule has 5 heteroatoms. The molecule has 0 spiro atoms. The summed E-state index contributed by atoms with van der Waals surface area (Å²) in [7, 11) is 0. The molecule has 3 nitrogen and oxygen atoms in total. The zero-order chi connectivity index (χ0) is 15.5. The molecule has 1 aliphatic heterocycles. The fourth-order valence-corrected chi connectivity index (χ4v) is 3.23. The number of anilines is 1. The minimum atomic E-state index is -0.477. The number of hydrogen-bond acceptors (Lipinski definition) is 3.